The third-order valence-corrected chi connectivity index (χ3v) is 6.21. The number of likely N-dealkylation sites (tertiary alicyclic amines) is 1. The summed E-state index contributed by atoms with van der Waals surface area (Å²) in [5.74, 6) is 1.19. The fraction of sp³-hybridized carbons (Fsp3) is 0.364. The SMILES string of the molecule is O=C(c1cnc2c(c1)ncn2C1CCOCC1)N1CC(c2nc3ccccc3[nH]2)C1. The molecule has 1 amide bonds. The van der Waals surface area contributed by atoms with Crippen LogP contribution in [0.4, 0.5) is 0 Å². The second-order valence-corrected chi connectivity index (χ2v) is 8.11. The van der Waals surface area contributed by atoms with Crippen molar-refractivity contribution in [3.8, 4) is 0 Å². The van der Waals surface area contributed by atoms with E-state index in [0.29, 0.717) is 24.7 Å². The quantitative estimate of drug-likeness (QED) is 0.569. The average molecular weight is 402 g/mol. The number of carbonyl (C=O) groups excluding carboxylic acids is 1. The Hall–Kier alpha value is -3.26. The number of aromatic nitrogens is 5. The fourth-order valence-corrected chi connectivity index (χ4v) is 4.43. The smallest absolute Gasteiger partial charge is 0.255 e. The molecular weight excluding hydrogens is 380 g/mol. The average Bonchev–Trinajstić information content (AvgIpc) is 3.36. The highest BCUT2D eigenvalue weighted by molar-refractivity contribution is 5.97. The fourth-order valence-electron chi connectivity index (χ4n) is 4.43. The zero-order chi connectivity index (χ0) is 20.1. The molecule has 8 heteroatoms. The Bertz CT molecular complexity index is 1200. The van der Waals surface area contributed by atoms with Crippen LogP contribution in [0.15, 0.2) is 42.9 Å². The molecule has 3 aromatic heterocycles. The van der Waals surface area contributed by atoms with Crippen molar-refractivity contribution in [3.63, 3.8) is 0 Å². The number of nitrogens with zero attached hydrogens (tertiary/aromatic N) is 5. The van der Waals surface area contributed by atoms with E-state index in [1.54, 1.807) is 6.20 Å². The lowest BCUT2D eigenvalue weighted by Gasteiger charge is -2.38. The van der Waals surface area contributed by atoms with Gasteiger partial charge in [0.05, 0.1) is 28.8 Å². The molecule has 0 aliphatic carbocycles. The molecule has 152 valence electrons. The van der Waals surface area contributed by atoms with Crippen LogP contribution in [0.2, 0.25) is 0 Å². The van der Waals surface area contributed by atoms with Crippen LogP contribution in [0, 0.1) is 0 Å². The van der Waals surface area contributed by atoms with Gasteiger partial charge in [0.2, 0.25) is 0 Å². The molecule has 0 saturated carbocycles. The Morgan fingerprint density at radius 1 is 1.10 bits per heavy atom. The van der Waals surface area contributed by atoms with Gasteiger partial charge in [0.15, 0.2) is 5.65 Å². The van der Waals surface area contributed by atoms with Gasteiger partial charge in [0, 0.05) is 38.5 Å². The number of rotatable bonds is 3. The first kappa shape index (κ1) is 17.6. The molecule has 1 N–H and O–H groups in total. The third-order valence-electron chi connectivity index (χ3n) is 6.21. The Morgan fingerprint density at radius 2 is 1.93 bits per heavy atom. The molecule has 2 aliphatic heterocycles. The van der Waals surface area contributed by atoms with E-state index in [1.807, 2.05) is 41.6 Å². The molecule has 0 spiro atoms. The van der Waals surface area contributed by atoms with E-state index >= 15 is 0 Å². The number of fused-ring (bicyclic) bond motifs is 2. The van der Waals surface area contributed by atoms with Gasteiger partial charge in [-0.15, -0.1) is 0 Å². The van der Waals surface area contributed by atoms with Crippen molar-refractivity contribution >= 4 is 28.1 Å². The maximum atomic E-state index is 12.9. The number of benzene rings is 1. The maximum absolute atomic E-state index is 12.9. The molecular formula is C22H22N6O2. The number of hydrogen-bond acceptors (Lipinski definition) is 5. The zero-order valence-electron chi connectivity index (χ0n) is 16.5. The molecule has 0 radical (unpaired) electrons. The number of ether oxygens (including phenoxy) is 1. The molecule has 2 saturated heterocycles. The van der Waals surface area contributed by atoms with Crippen molar-refractivity contribution in [1.29, 1.82) is 0 Å². The van der Waals surface area contributed by atoms with E-state index < -0.39 is 0 Å². The topological polar surface area (TPSA) is 88.9 Å². The summed E-state index contributed by atoms with van der Waals surface area (Å²) in [6.07, 6.45) is 5.44. The predicted octanol–water partition coefficient (Wildman–Crippen LogP) is 2.90. The number of nitrogens with one attached hydrogen (secondary N) is 1. The highest BCUT2D eigenvalue weighted by Crippen LogP contribution is 2.29. The van der Waals surface area contributed by atoms with Crippen LogP contribution in [-0.2, 0) is 4.74 Å². The van der Waals surface area contributed by atoms with E-state index in [-0.39, 0.29) is 11.8 Å². The van der Waals surface area contributed by atoms with Crippen LogP contribution in [0.3, 0.4) is 0 Å². The minimum atomic E-state index is -0.00243. The van der Waals surface area contributed by atoms with Gasteiger partial charge in [-0.1, -0.05) is 12.1 Å². The molecule has 8 nitrogen and oxygen atoms in total. The summed E-state index contributed by atoms with van der Waals surface area (Å²) in [6.45, 7) is 2.85. The third kappa shape index (κ3) is 2.87. The van der Waals surface area contributed by atoms with Crippen LogP contribution >= 0.6 is 0 Å². The van der Waals surface area contributed by atoms with Crippen LogP contribution in [0.25, 0.3) is 22.2 Å². The van der Waals surface area contributed by atoms with Crippen molar-refractivity contribution in [1.82, 2.24) is 29.4 Å². The number of H-pyrrole nitrogens is 1. The van der Waals surface area contributed by atoms with Crippen molar-refractivity contribution in [2.24, 2.45) is 0 Å². The molecule has 5 heterocycles. The maximum Gasteiger partial charge on any atom is 0.255 e. The van der Waals surface area contributed by atoms with E-state index in [1.165, 1.54) is 0 Å². The summed E-state index contributed by atoms with van der Waals surface area (Å²) in [7, 11) is 0. The van der Waals surface area contributed by atoms with Gasteiger partial charge < -0.3 is 19.2 Å². The van der Waals surface area contributed by atoms with Gasteiger partial charge in [0.25, 0.3) is 5.91 Å². The van der Waals surface area contributed by atoms with Gasteiger partial charge >= 0.3 is 0 Å². The first-order chi connectivity index (χ1) is 14.8. The Balaban J connectivity index is 1.18. The first-order valence-electron chi connectivity index (χ1n) is 10.4. The van der Waals surface area contributed by atoms with E-state index in [2.05, 4.69) is 24.5 Å². The van der Waals surface area contributed by atoms with E-state index in [9.17, 15) is 4.79 Å². The second-order valence-electron chi connectivity index (χ2n) is 8.11. The molecule has 2 aliphatic rings. The minimum absolute atomic E-state index is 0.00243. The number of carbonyl (C=O) groups is 1. The number of imidazole rings is 2. The van der Waals surface area contributed by atoms with Crippen molar-refractivity contribution in [3.05, 3.63) is 54.2 Å². The van der Waals surface area contributed by atoms with Gasteiger partial charge in [-0.25, -0.2) is 15.0 Å². The van der Waals surface area contributed by atoms with Gasteiger partial charge in [-0.05, 0) is 31.0 Å². The van der Waals surface area contributed by atoms with Crippen LogP contribution < -0.4 is 0 Å². The molecule has 1 aromatic carbocycles. The lowest BCUT2D eigenvalue weighted by molar-refractivity contribution is 0.0595. The normalized spacial score (nSPS) is 18.2. The van der Waals surface area contributed by atoms with E-state index in [0.717, 1.165) is 54.1 Å². The summed E-state index contributed by atoms with van der Waals surface area (Å²) in [5, 5.41) is 0. The Kier molecular flexibility index (Phi) is 4.05. The number of para-hydroxylation sites is 2. The number of hydrogen-bond donors (Lipinski definition) is 1. The lowest BCUT2D eigenvalue weighted by atomic mass is 9.98. The molecule has 30 heavy (non-hydrogen) atoms. The number of aromatic amines is 1. The second kappa shape index (κ2) is 6.91. The minimum Gasteiger partial charge on any atom is -0.381 e. The lowest BCUT2D eigenvalue weighted by Crippen LogP contribution is -2.48. The summed E-state index contributed by atoms with van der Waals surface area (Å²) < 4.78 is 7.57. The molecule has 2 fully saturated rings. The summed E-state index contributed by atoms with van der Waals surface area (Å²) in [4.78, 5) is 31.9. The van der Waals surface area contributed by atoms with Crippen molar-refractivity contribution in [2.75, 3.05) is 26.3 Å². The molecule has 4 aromatic rings. The van der Waals surface area contributed by atoms with Gasteiger partial charge in [-0.3, -0.25) is 4.79 Å². The predicted molar refractivity (Wildman–Crippen MR) is 111 cm³/mol. The molecule has 0 bridgehead atoms. The first-order valence-corrected chi connectivity index (χ1v) is 10.4. The summed E-state index contributed by atoms with van der Waals surface area (Å²) in [6, 6.07) is 10.2. The van der Waals surface area contributed by atoms with Crippen LogP contribution in [-0.4, -0.2) is 61.6 Å². The number of amides is 1. The highest BCUT2D eigenvalue weighted by atomic mass is 16.5. The van der Waals surface area contributed by atoms with E-state index in [4.69, 9.17) is 4.74 Å². The van der Waals surface area contributed by atoms with Gasteiger partial charge in [0.1, 0.15) is 11.3 Å². The molecule has 0 unspecified atom stereocenters. The standard InChI is InChI=1S/C22H22N6O2/c29-22(27-11-15(12-27)20-25-17-3-1-2-4-18(17)26-20)14-9-19-21(23-10-14)28(13-24-19)16-5-7-30-8-6-16/h1-4,9-10,13,15-16H,5-8,11-12H2,(H,25,26). The van der Waals surface area contributed by atoms with Crippen molar-refractivity contribution in [2.45, 2.75) is 24.8 Å². The monoisotopic (exact) mass is 402 g/mol. The zero-order valence-corrected chi connectivity index (χ0v) is 16.5. The molecule has 6 rings (SSSR count). The largest absolute Gasteiger partial charge is 0.381 e. The Labute approximate surface area is 172 Å². The molecule has 0 atom stereocenters. The Morgan fingerprint density at radius 3 is 2.77 bits per heavy atom. The summed E-state index contributed by atoms with van der Waals surface area (Å²) >= 11 is 0. The van der Waals surface area contributed by atoms with Crippen LogP contribution in [0.5, 0.6) is 0 Å². The highest BCUT2D eigenvalue weighted by Gasteiger charge is 2.34. The van der Waals surface area contributed by atoms with Crippen LogP contribution in [0.1, 0.15) is 41.0 Å². The van der Waals surface area contributed by atoms with Crippen molar-refractivity contribution < 1.29 is 9.53 Å². The van der Waals surface area contributed by atoms with Gasteiger partial charge in [-0.2, -0.15) is 0 Å². The number of pyridine rings is 1. The summed E-state index contributed by atoms with van der Waals surface area (Å²) in [5.41, 5.74) is 4.19.